The van der Waals surface area contributed by atoms with Gasteiger partial charge in [-0.05, 0) is 55.0 Å². The number of nitrogens with zero attached hydrogens (tertiary/aromatic N) is 5. The molecule has 2 aromatic heterocycles. The standard InChI is InChI=1S/C29H26F2N6O5S/c1-18(38)3-8-27(39)36-9-11-37(12-10-36)28-22-13-19(4-7-24(22)33-17-34-28)20-14-25(29(42-2)32-16-20)35-43(40,41)26-15-21(30)5-6-23(26)31/h3-8,13-17,35H,9-12H2,1-2H3/b8-3+. The summed E-state index contributed by atoms with van der Waals surface area (Å²) in [5.74, 6) is -1.87. The highest BCUT2D eigenvalue weighted by Crippen LogP contribution is 2.33. The Kier molecular flexibility index (Phi) is 8.30. The molecule has 0 atom stereocenters. The van der Waals surface area contributed by atoms with Crippen LogP contribution in [-0.4, -0.2) is 73.2 Å². The molecule has 1 saturated heterocycles. The largest absolute Gasteiger partial charge is 0.480 e. The van der Waals surface area contributed by atoms with Crippen molar-refractivity contribution in [2.24, 2.45) is 0 Å². The minimum absolute atomic E-state index is 0.0699. The number of carbonyl (C=O) groups is 2. The maximum absolute atomic E-state index is 14.3. The van der Waals surface area contributed by atoms with Crippen LogP contribution in [0.3, 0.4) is 0 Å². The normalized spacial score (nSPS) is 13.9. The number of piperazine rings is 1. The topological polar surface area (TPSA) is 135 Å². The third-order valence-corrected chi connectivity index (χ3v) is 8.15. The number of pyridine rings is 1. The van der Waals surface area contributed by atoms with Gasteiger partial charge in [-0.1, -0.05) is 6.07 Å². The van der Waals surface area contributed by atoms with Gasteiger partial charge >= 0.3 is 0 Å². The van der Waals surface area contributed by atoms with Crippen LogP contribution in [0.15, 0.2) is 72.0 Å². The Morgan fingerprint density at radius 1 is 0.953 bits per heavy atom. The molecule has 1 aliphatic rings. The van der Waals surface area contributed by atoms with Crippen molar-refractivity contribution < 1.29 is 31.5 Å². The van der Waals surface area contributed by atoms with E-state index in [0.717, 1.165) is 17.5 Å². The van der Waals surface area contributed by atoms with Crippen molar-refractivity contribution in [2.75, 3.05) is 42.9 Å². The number of halogens is 2. The Bertz CT molecular complexity index is 1860. The smallest absolute Gasteiger partial charge is 0.265 e. The van der Waals surface area contributed by atoms with E-state index in [0.29, 0.717) is 54.7 Å². The fourth-order valence-corrected chi connectivity index (χ4v) is 5.77. The summed E-state index contributed by atoms with van der Waals surface area (Å²) in [6.45, 7) is 3.25. The van der Waals surface area contributed by atoms with Crippen molar-refractivity contribution in [1.82, 2.24) is 19.9 Å². The van der Waals surface area contributed by atoms with Crippen LogP contribution in [0.2, 0.25) is 0 Å². The van der Waals surface area contributed by atoms with Crippen LogP contribution in [0.4, 0.5) is 20.3 Å². The number of methoxy groups -OCH3 is 1. The summed E-state index contributed by atoms with van der Waals surface area (Å²) in [6, 6.07) is 9.03. The number of hydrogen-bond acceptors (Lipinski definition) is 9. The summed E-state index contributed by atoms with van der Waals surface area (Å²) < 4.78 is 61.4. The molecule has 0 spiro atoms. The second-order valence-electron chi connectivity index (χ2n) is 9.65. The Balaban J connectivity index is 1.44. The van der Waals surface area contributed by atoms with Crippen molar-refractivity contribution in [2.45, 2.75) is 11.8 Å². The number of benzene rings is 2. The zero-order valence-corrected chi connectivity index (χ0v) is 23.9. The number of nitrogens with one attached hydrogen (secondary N) is 1. The number of amides is 1. The molecule has 11 nitrogen and oxygen atoms in total. The van der Waals surface area contributed by atoms with Crippen LogP contribution in [0.1, 0.15) is 6.92 Å². The molecule has 1 N–H and O–H groups in total. The summed E-state index contributed by atoms with van der Waals surface area (Å²) >= 11 is 0. The first-order valence-corrected chi connectivity index (χ1v) is 14.5. The number of sulfonamides is 1. The molecule has 43 heavy (non-hydrogen) atoms. The van der Waals surface area contributed by atoms with Crippen LogP contribution in [0.5, 0.6) is 5.88 Å². The van der Waals surface area contributed by atoms with Gasteiger partial charge < -0.3 is 14.5 Å². The van der Waals surface area contributed by atoms with Gasteiger partial charge in [0.05, 0.1) is 12.6 Å². The number of fused-ring (bicyclic) bond motifs is 1. The highest BCUT2D eigenvalue weighted by atomic mass is 32.2. The summed E-state index contributed by atoms with van der Waals surface area (Å²) in [5, 5.41) is 0.719. The third kappa shape index (κ3) is 6.43. The molecular formula is C29H26F2N6O5S. The van der Waals surface area contributed by atoms with Crippen LogP contribution in [0.25, 0.3) is 22.0 Å². The number of anilines is 2. The van der Waals surface area contributed by atoms with Gasteiger partial charge in [0.25, 0.3) is 10.0 Å². The van der Waals surface area contributed by atoms with E-state index in [2.05, 4.69) is 19.7 Å². The number of allylic oxidation sites excluding steroid dienone is 1. The fraction of sp³-hybridized carbons (Fsp3) is 0.207. The van der Waals surface area contributed by atoms with Crippen molar-refractivity contribution in [3.63, 3.8) is 0 Å². The molecule has 1 amide bonds. The Morgan fingerprint density at radius 2 is 1.72 bits per heavy atom. The van der Waals surface area contributed by atoms with E-state index >= 15 is 0 Å². The van der Waals surface area contributed by atoms with Gasteiger partial charge in [-0.15, -0.1) is 0 Å². The number of ketones is 1. The number of hydrogen-bond donors (Lipinski definition) is 1. The minimum Gasteiger partial charge on any atom is -0.480 e. The molecule has 3 heterocycles. The van der Waals surface area contributed by atoms with Gasteiger partial charge in [-0.3, -0.25) is 14.3 Å². The van der Waals surface area contributed by atoms with Crippen molar-refractivity contribution >= 4 is 44.1 Å². The highest BCUT2D eigenvalue weighted by molar-refractivity contribution is 7.92. The summed E-state index contributed by atoms with van der Waals surface area (Å²) in [5.41, 5.74) is 1.75. The van der Waals surface area contributed by atoms with Gasteiger partial charge in [0.1, 0.15) is 34.4 Å². The van der Waals surface area contributed by atoms with E-state index in [-0.39, 0.29) is 23.3 Å². The van der Waals surface area contributed by atoms with Gasteiger partial charge in [0.2, 0.25) is 11.8 Å². The van der Waals surface area contributed by atoms with E-state index in [1.54, 1.807) is 17.0 Å². The second kappa shape index (κ2) is 12.1. The van der Waals surface area contributed by atoms with Gasteiger partial charge in [-0.25, -0.2) is 32.2 Å². The zero-order valence-electron chi connectivity index (χ0n) is 23.1. The Hall–Kier alpha value is -4.98. The molecule has 222 valence electrons. The number of aromatic nitrogens is 3. The summed E-state index contributed by atoms with van der Waals surface area (Å²) in [6.07, 6.45) is 5.47. The van der Waals surface area contributed by atoms with Gasteiger partial charge in [0, 0.05) is 49.4 Å². The van der Waals surface area contributed by atoms with Crippen LogP contribution < -0.4 is 14.4 Å². The minimum atomic E-state index is -4.53. The van der Waals surface area contributed by atoms with E-state index in [1.165, 1.54) is 44.8 Å². The SMILES string of the molecule is COc1ncc(-c2ccc3ncnc(N4CCN(C(=O)/C=C/C(C)=O)CC4)c3c2)cc1NS(=O)(=O)c1cc(F)ccc1F. The lowest BCUT2D eigenvalue weighted by Gasteiger charge is -2.35. The molecule has 14 heteroatoms. The first-order chi connectivity index (χ1) is 20.6. The quantitative estimate of drug-likeness (QED) is 0.298. The lowest BCUT2D eigenvalue weighted by Crippen LogP contribution is -2.48. The molecule has 1 aliphatic heterocycles. The Labute approximate surface area is 245 Å². The zero-order chi connectivity index (χ0) is 30.7. The first kappa shape index (κ1) is 29.5. The number of rotatable bonds is 8. The van der Waals surface area contributed by atoms with E-state index in [4.69, 9.17) is 4.74 Å². The molecule has 0 radical (unpaired) electrons. The van der Waals surface area contributed by atoms with Crippen molar-refractivity contribution in [3.8, 4) is 17.0 Å². The fourth-order valence-electron chi connectivity index (χ4n) is 4.64. The van der Waals surface area contributed by atoms with Gasteiger partial charge in [-0.2, -0.15) is 0 Å². The molecule has 5 rings (SSSR count). The molecular weight excluding hydrogens is 582 g/mol. The van der Waals surface area contributed by atoms with Crippen LogP contribution in [-0.2, 0) is 19.6 Å². The third-order valence-electron chi connectivity index (χ3n) is 6.77. The lowest BCUT2D eigenvalue weighted by atomic mass is 10.0. The molecule has 0 bridgehead atoms. The van der Waals surface area contributed by atoms with Crippen LogP contribution in [0, 0.1) is 11.6 Å². The molecule has 2 aromatic carbocycles. The number of ether oxygens (including phenoxy) is 1. The lowest BCUT2D eigenvalue weighted by molar-refractivity contribution is -0.126. The summed E-state index contributed by atoms with van der Waals surface area (Å²) in [4.78, 5) is 39.5. The molecule has 0 saturated carbocycles. The monoisotopic (exact) mass is 608 g/mol. The predicted molar refractivity (Wildman–Crippen MR) is 155 cm³/mol. The van der Waals surface area contributed by atoms with E-state index < -0.39 is 26.6 Å². The van der Waals surface area contributed by atoms with Crippen LogP contribution >= 0.6 is 0 Å². The maximum atomic E-state index is 14.3. The highest BCUT2D eigenvalue weighted by Gasteiger charge is 2.24. The first-order valence-electron chi connectivity index (χ1n) is 13.1. The Morgan fingerprint density at radius 3 is 2.44 bits per heavy atom. The van der Waals surface area contributed by atoms with Crippen molar-refractivity contribution in [1.29, 1.82) is 0 Å². The molecule has 1 fully saturated rings. The second-order valence-corrected chi connectivity index (χ2v) is 11.3. The maximum Gasteiger partial charge on any atom is 0.265 e. The van der Waals surface area contributed by atoms with E-state index in [1.807, 2.05) is 11.0 Å². The number of carbonyl (C=O) groups excluding carboxylic acids is 2. The van der Waals surface area contributed by atoms with E-state index in [9.17, 15) is 26.8 Å². The van der Waals surface area contributed by atoms with Crippen molar-refractivity contribution in [3.05, 3.63) is 78.8 Å². The summed E-state index contributed by atoms with van der Waals surface area (Å²) in [7, 11) is -3.23. The molecule has 0 unspecified atom stereocenters. The molecule has 0 aliphatic carbocycles. The van der Waals surface area contributed by atoms with Gasteiger partial charge in [0.15, 0.2) is 5.78 Å². The average Bonchev–Trinajstić information content (AvgIpc) is 3.00. The predicted octanol–water partition coefficient (Wildman–Crippen LogP) is 3.57. The average molecular weight is 609 g/mol. The molecule has 4 aromatic rings.